The molecule has 0 radical (unpaired) electrons. The number of rotatable bonds is 7. The summed E-state index contributed by atoms with van der Waals surface area (Å²) >= 11 is 7.52. The lowest BCUT2D eigenvalue weighted by Crippen LogP contribution is -2.29. The molecule has 0 spiro atoms. The van der Waals surface area contributed by atoms with Gasteiger partial charge in [-0.15, -0.1) is 11.3 Å². The molecule has 9 heteroatoms. The van der Waals surface area contributed by atoms with Gasteiger partial charge in [-0.2, -0.15) is 0 Å². The van der Waals surface area contributed by atoms with Crippen molar-refractivity contribution in [1.82, 2.24) is 14.9 Å². The predicted octanol–water partition coefficient (Wildman–Crippen LogP) is 6.45. The molecule has 3 heterocycles. The Labute approximate surface area is 225 Å². The summed E-state index contributed by atoms with van der Waals surface area (Å²) in [5.74, 6) is 1.19. The highest BCUT2D eigenvalue weighted by Crippen LogP contribution is 2.40. The van der Waals surface area contributed by atoms with Gasteiger partial charge in [-0.25, -0.2) is 9.97 Å². The van der Waals surface area contributed by atoms with Crippen molar-refractivity contribution in [3.63, 3.8) is 0 Å². The van der Waals surface area contributed by atoms with Crippen molar-refractivity contribution in [2.24, 2.45) is 5.73 Å². The second kappa shape index (κ2) is 10.7. The number of primary amides is 1. The number of amides is 1. The molecule has 0 bridgehead atoms. The van der Waals surface area contributed by atoms with Gasteiger partial charge >= 0.3 is 0 Å². The van der Waals surface area contributed by atoms with E-state index in [0.29, 0.717) is 32.8 Å². The van der Waals surface area contributed by atoms with E-state index in [2.05, 4.69) is 34.4 Å². The molecular weight excluding hydrogens is 506 g/mol. The van der Waals surface area contributed by atoms with Gasteiger partial charge in [-0.05, 0) is 88.1 Å². The molecule has 7 nitrogen and oxygen atoms in total. The molecular formula is C28H30ClN5O2S. The Morgan fingerprint density at radius 1 is 1.22 bits per heavy atom. The maximum Gasteiger partial charge on any atom is 0.259 e. The number of halogens is 1. The van der Waals surface area contributed by atoms with Gasteiger partial charge in [0.25, 0.3) is 5.91 Å². The normalized spacial score (nSPS) is 14.8. The Balaban J connectivity index is 1.52. The van der Waals surface area contributed by atoms with Crippen LogP contribution in [0.4, 0.5) is 11.6 Å². The van der Waals surface area contributed by atoms with E-state index in [1.165, 1.54) is 16.9 Å². The molecule has 4 aromatic rings. The van der Waals surface area contributed by atoms with Crippen LogP contribution in [0, 0.1) is 0 Å². The summed E-state index contributed by atoms with van der Waals surface area (Å²) in [5.41, 5.74) is 9.89. The fourth-order valence-corrected chi connectivity index (χ4v) is 5.93. The molecule has 5 rings (SSSR count). The highest BCUT2D eigenvalue weighted by molar-refractivity contribution is 7.21. The van der Waals surface area contributed by atoms with Crippen LogP contribution in [0.15, 0.2) is 48.7 Å². The first kappa shape index (κ1) is 25.4. The fraction of sp³-hybridized carbons (Fsp3) is 0.321. The highest BCUT2D eigenvalue weighted by Gasteiger charge is 2.22. The number of nitrogens with two attached hydrogens (primary N) is 1. The molecule has 3 N–H and O–H groups in total. The predicted molar refractivity (Wildman–Crippen MR) is 151 cm³/mol. The maximum absolute atomic E-state index is 12.3. The molecule has 0 saturated carbocycles. The number of ether oxygens (including phenoxy) is 1. The first-order chi connectivity index (χ1) is 17.8. The Kier molecular flexibility index (Phi) is 7.33. The van der Waals surface area contributed by atoms with Crippen molar-refractivity contribution >= 4 is 50.7 Å². The molecule has 2 aromatic heterocycles. The number of hydrogen-bond donors (Lipinski definition) is 2. The number of benzene rings is 2. The molecule has 0 atom stereocenters. The monoisotopic (exact) mass is 535 g/mol. The zero-order valence-electron chi connectivity index (χ0n) is 21.1. The Hall–Kier alpha value is -3.20. The summed E-state index contributed by atoms with van der Waals surface area (Å²) in [6.07, 6.45) is 4.00. The Morgan fingerprint density at radius 3 is 2.70 bits per heavy atom. The second-order valence-electron chi connectivity index (χ2n) is 9.71. The lowest BCUT2D eigenvalue weighted by molar-refractivity contribution is 0.100. The largest absolute Gasteiger partial charge is 0.489 e. The minimum absolute atomic E-state index is 0.0149. The summed E-state index contributed by atoms with van der Waals surface area (Å²) in [5, 5.41) is 3.91. The molecule has 1 aliphatic heterocycles. The van der Waals surface area contributed by atoms with Crippen molar-refractivity contribution in [2.45, 2.75) is 38.7 Å². The minimum atomic E-state index is -0.510. The summed E-state index contributed by atoms with van der Waals surface area (Å²) in [7, 11) is 2.17. The van der Waals surface area contributed by atoms with Crippen molar-refractivity contribution in [3.05, 3.63) is 64.1 Å². The molecule has 1 amide bonds. The van der Waals surface area contributed by atoms with Gasteiger partial charge in [0, 0.05) is 10.6 Å². The molecule has 2 aromatic carbocycles. The number of fused-ring (bicyclic) bond motifs is 1. The minimum Gasteiger partial charge on any atom is -0.489 e. The number of likely N-dealkylation sites (tertiary alicyclic amines) is 1. The molecule has 1 saturated heterocycles. The average molecular weight is 536 g/mol. The van der Waals surface area contributed by atoms with Crippen molar-refractivity contribution < 1.29 is 9.53 Å². The van der Waals surface area contributed by atoms with Crippen LogP contribution in [0.2, 0.25) is 5.02 Å². The lowest BCUT2D eigenvalue weighted by atomic mass is 9.89. The number of carbonyl (C=O) groups is 1. The summed E-state index contributed by atoms with van der Waals surface area (Å²) in [6.45, 7) is 6.23. The third-order valence-corrected chi connectivity index (χ3v) is 7.94. The van der Waals surface area contributed by atoms with E-state index in [-0.39, 0.29) is 6.10 Å². The van der Waals surface area contributed by atoms with E-state index in [1.807, 2.05) is 32.0 Å². The van der Waals surface area contributed by atoms with Crippen LogP contribution in [-0.4, -0.2) is 47.0 Å². The van der Waals surface area contributed by atoms with E-state index < -0.39 is 5.91 Å². The van der Waals surface area contributed by atoms with Gasteiger partial charge in [-0.3, -0.25) is 4.79 Å². The quantitative estimate of drug-likeness (QED) is 0.282. The Bertz CT molecular complexity index is 1450. The van der Waals surface area contributed by atoms with Crippen LogP contribution < -0.4 is 15.8 Å². The number of hydrogen-bond acceptors (Lipinski definition) is 7. The van der Waals surface area contributed by atoms with Gasteiger partial charge in [0.2, 0.25) is 5.95 Å². The van der Waals surface area contributed by atoms with Crippen LogP contribution >= 0.6 is 22.9 Å². The number of anilines is 2. The number of piperidine rings is 1. The van der Waals surface area contributed by atoms with Gasteiger partial charge in [0.05, 0.1) is 28.2 Å². The van der Waals surface area contributed by atoms with E-state index in [4.69, 9.17) is 27.1 Å². The standard InChI is InChI=1S/C28H30ClN5O2S/c1-16(2)36-22-14-18(17-9-11-34(3)12-10-17)7-8-21(22)32-28-31-15-23-25(33-28)24(26(37-23)27(30)35)19-5-4-6-20(29)13-19/h4-8,13-17H,9-12H2,1-3H3,(H2,30,35)(H,31,32,33). The van der Waals surface area contributed by atoms with Crippen LogP contribution in [0.5, 0.6) is 5.75 Å². The van der Waals surface area contributed by atoms with Crippen molar-refractivity contribution in [1.29, 1.82) is 0 Å². The molecule has 0 aliphatic carbocycles. The number of carbonyl (C=O) groups excluding carboxylic acids is 1. The van der Waals surface area contributed by atoms with Crippen molar-refractivity contribution in [2.75, 3.05) is 25.5 Å². The third-order valence-electron chi connectivity index (χ3n) is 6.57. The van der Waals surface area contributed by atoms with Gasteiger partial charge in [-0.1, -0.05) is 29.8 Å². The molecule has 37 heavy (non-hydrogen) atoms. The van der Waals surface area contributed by atoms with Gasteiger partial charge in [0.15, 0.2) is 0 Å². The molecule has 192 valence electrons. The van der Waals surface area contributed by atoms with Crippen LogP contribution in [0.3, 0.4) is 0 Å². The smallest absolute Gasteiger partial charge is 0.259 e. The zero-order valence-corrected chi connectivity index (χ0v) is 22.7. The van der Waals surface area contributed by atoms with Crippen LogP contribution in [0.1, 0.15) is 47.8 Å². The maximum atomic E-state index is 12.3. The van der Waals surface area contributed by atoms with E-state index in [0.717, 1.165) is 47.6 Å². The van der Waals surface area contributed by atoms with E-state index >= 15 is 0 Å². The van der Waals surface area contributed by atoms with Crippen molar-refractivity contribution in [3.8, 4) is 16.9 Å². The lowest BCUT2D eigenvalue weighted by Gasteiger charge is -2.29. The zero-order chi connectivity index (χ0) is 26.1. The molecule has 0 unspecified atom stereocenters. The fourth-order valence-electron chi connectivity index (χ4n) is 4.75. The van der Waals surface area contributed by atoms with E-state index in [1.54, 1.807) is 18.3 Å². The first-order valence-corrected chi connectivity index (χ1v) is 13.6. The summed E-state index contributed by atoms with van der Waals surface area (Å²) < 4.78 is 6.97. The SMILES string of the molecule is CC(C)Oc1cc(C2CCN(C)CC2)ccc1Nc1ncc2sc(C(N)=O)c(-c3cccc(Cl)c3)c2n1. The topological polar surface area (TPSA) is 93.4 Å². The third kappa shape index (κ3) is 5.56. The summed E-state index contributed by atoms with van der Waals surface area (Å²) in [4.78, 5) is 24.4. The molecule has 1 fully saturated rings. The molecule has 1 aliphatic rings. The number of nitrogens with zero attached hydrogens (tertiary/aromatic N) is 3. The highest BCUT2D eigenvalue weighted by atomic mass is 35.5. The van der Waals surface area contributed by atoms with Gasteiger partial charge in [0.1, 0.15) is 10.6 Å². The number of aromatic nitrogens is 2. The second-order valence-corrected chi connectivity index (χ2v) is 11.2. The summed E-state index contributed by atoms with van der Waals surface area (Å²) in [6, 6.07) is 13.7. The van der Waals surface area contributed by atoms with E-state index in [9.17, 15) is 4.79 Å². The van der Waals surface area contributed by atoms with Crippen LogP contribution in [-0.2, 0) is 0 Å². The number of thiophene rings is 1. The number of nitrogens with one attached hydrogen (secondary N) is 1. The first-order valence-electron chi connectivity index (χ1n) is 12.4. The Morgan fingerprint density at radius 2 is 2.00 bits per heavy atom. The van der Waals surface area contributed by atoms with Gasteiger partial charge < -0.3 is 20.7 Å². The van der Waals surface area contributed by atoms with Crippen LogP contribution in [0.25, 0.3) is 21.3 Å². The average Bonchev–Trinajstić information content (AvgIpc) is 3.25.